The van der Waals surface area contributed by atoms with Crippen LogP contribution < -0.4 is 21.3 Å². The fourth-order valence-electron chi connectivity index (χ4n) is 7.27. The van der Waals surface area contributed by atoms with Crippen LogP contribution in [0, 0.1) is 0 Å². The fraction of sp³-hybridized carbons (Fsp3) is 0.320. The summed E-state index contributed by atoms with van der Waals surface area (Å²) in [7, 11) is 0. The highest BCUT2D eigenvalue weighted by Crippen LogP contribution is 2.25. The minimum absolute atomic E-state index is 0.0276. The highest BCUT2D eigenvalue weighted by atomic mass is 16.2. The Morgan fingerprint density at radius 3 is 1.21 bits per heavy atom. The van der Waals surface area contributed by atoms with Crippen LogP contribution in [0.1, 0.15) is 84.0 Å². The van der Waals surface area contributed by atoms with Crippen molar-refractivity contribution in [3.05, 3.63) is 133 Å². The Morgan fingerprint density at radius 2 is 0.772 bits per heavy atom. The van der Waals surface area contributed by atoms with Gasteiger partial charge >= 0.3 is 0 Å². The van der Waals surface area contributed by atoms with E-state index >= 15 is 0 Å². The van der Waals surface area contributed by atoms with Gasteiger partial charge in [-0.3, -0.25) is 9.59 Å². The number of rotatable bonds is 23. The average Bonchev–Trinajstić information content (AvgIpc) is 3.23. The van der Waals surface area contributed by atoms with Crippen LogP contribution in [0.4, 0.5) is 34.1 Å². The number of anilines is 6. The molecule has 0 radical (unpaired) electrons. The van der Waals surface area contributed by atoms with Gasteiger partial charge in [-0.25, -0.2) is 0 Å². The van der Waals surface area contributed by atoms with E-state index in [0.29, 0.717) is 25.9 Å². The molecule has 6 aromatic rings. The maximum atomic E-state index is 13.1. The van der Waals surface area contributed by atoms with Gasteiger partial charge in [0.05, 0.1) is 0 Å². The third-order valence-electron chi connectivity index (χ3n) is 10.6. The zero-order valence-electron chi connectivity index (χ0n) is 33.6. The minimum Gasteiger partial charge on any atom is -0.356 e. The molecule has 0 saturated heterocycles. The molecule has 0 bridgehead atoms. The quantitative estimate of drug-likeness (QED) is 0.0489. The van der Waals surface area contributed by atoms with E-state index in [2.05, 4.69) is 93.8 Å². The van der Waals surface area contributed by atoms with Gasteiger partial charge in [0, 0.05) is 60.1 Å². The Kier molecular flexibility index (Phi) is 15.9. The Balaban J connectivity index is 0.954. The molecule has 2 amide bonds. The van der Waals surface area contributed by atoms with Gasteiger partial charge in [0.2, 0.25) is 11.8 Å². The molecule has 6 rings (SSSR count). The molecule has 4 N–H and O–H groups in total. The van der Waals surface area contributed by atoms with Gasteiger partial charge in [-0.05, 0) is 107 Å². The number of fused-ring (bicyclic) bond motifs is 2. The first-order valence-corrected chi connectivity index (χ1v) is 21.0. The number of hydrogen-bond donors (Lipinski definition) is 4. The van der Waals surface area contributed by atoms with Crippen molar-refractivity contribution in [2.75, 3.05) is 40.9 Å². The summed E-state index contributed by atoms with van der Waals surface area (Å²) in [5.74, 6) is -0.0553. The van der Waals surface area contributed by atoms with Crippen molar-refractivity contribution < 1.29 is 9.59 Å². The van der Waals surface area contributed by atoms with Gasteiger partial charge in [-0.15, -0.1) is 0 Å². The maximum Gasteiger partial charge on any atom is 0.225 e. The number of unbranched alkanes of at least 4 members (excludes halogenated alkanes) is 9. The van der Waals surface area contributed by atoms with Crippen molar-refractivity contribution >= 4 is 67.5 Å². The number of amides is 2. The summed E-state index contributed by atoms with van der Waals surface area (Å²) in [4.78, 5) is 28.5. The monoisotopic (exact) mass is 761 g/mol. The lowest BCUT2D eigenvalue weighted by Crippen LogP contribution is -2.32. The predicted octanol–water partition coefficient (Wildman–Crippen LogP) is 13.1. The number of carbonyl (C=O) groups is 2. The van der Waals surface area contributed by atoms with Crippen LogP contribution in [0.5, 0.6) is 0 Å². The van der Waals surface area contributed by atoms with Gasteiger partial charge in [0.25, 0.3) is 0 Å². The summed E-state index contributed by atoms with van der Waals surface area (Å²) in [5, 5.41) is 17.8. The highest BCUT2D eigenvalue weighted by Gasteiger charge is 2.12. The van der Waals surface area contributed by atoms with Gasteiger partial charge in [0.1, 0.15) is 0 Å². The number of benzene rings is 6. The van der Waals surface area contributed by atoms with Crippen LogP contribution >= 0.6 is 0 Å². The molecule has 57 heavy (non-hydrogen) atoms. The zero-order chi connectivity index (χ0) is 39.5. The summed E-state index contributed by atoms with van der Waals surface area (Å²) in [6, 6.07) is 44.9. The first-order valence-electron chi connectivity index (χ1n) is 21.0. The minimum atomic E-state index is -0.0276. The number of carbonyl (C=O) groups excluding carboxylic acids is 2. The normalized spacial score (nSPS) is 11.2. The Labute approximate surface area is 339 Å². The molecule has 296 valence electrons. The van der Waals surface area contributed by atoms with Crippen LogP contribution in [0.3, 0.4) is 0 Å². The molecule has 0 heterocycles. The van der Waals surface area contributed by atoms with Crippen LogP contribution in [0.25, 0.3) is 21.5 Å². The second-order valence-electron chi connectivity index (χ2n) is 15.1. The molecule has 0 aliphatic heterocycles. The van der Waals surface area contributed by atoms with Crippen LogP contribution in [-0.2, 0) is 9.59 Å². The molecule has 6 aromatic carbocycles. The largest absolute Gasteiger partial charge is 0.356 e. The lowest BCUT2D eigenvalue weighted by molar-refractivity contribution is -0.116. The smallest absolute Gasteiger partial charge is 0.225 e. The number of nitrogens with one attached hydrogen (secondary N) is 4. The standard InChI is InChI=1S/C50H59N5O2/c1-2-3-4-5-6-7-8-9-10-15-34-55(35-32-49(56)53-45-28-24-43(25-29-45)51-47-22-20-39-16-11-13-18-41(39)37-47)36-33-50(57)54-46-30-26-44(27-31-46)52-48-23-21-40-17-12-14-19-42(40)38-48/h11-14,16-31,37-38,51-52H,2-10,15,32-36H2,1H3,(H,53,56)(H,54,57). The van der Waals surface area contributed by atoms with Crippen molar-refractivity contribution in [3.63, 3.8) is 0 Å². The fourth-order valence-corrected chi connectivity index (χ4v) is 7.27. The van der Waals surface area contributed by atoms with E-state index in [9.17, 15) is 9.59 Å². The van der Waals surface area contributed by atoms with Gasteiger partial charge in [-0.1, -0.05) is 125 Å². The molecule has 0 saturated carbocycles. The summed E-state index contributed by atoms with van der Waals surface area (Å²) in [6.45, 7) is 4.35. The number of hydrogen-bond acceptors (Lipinski definition) is 5. The second kappa shape index (κ2) is 22.2. The van der Waals surface area contributed by atoms with Gasteiger partial charge in [0.15, 0.2) is 0 Å². The summed E-state index contributed by atoms with van der Waals surface area (Å²) in [6.07, 6.45) is 13.5. The highest BCUT2D eigenvalue weighted by molar-refractivity contribution is 5.92. The molecule has 0 atom stereocenters. The summed E-state index contributed by atoms with van der Waals surface area (Å²) >= 11 is 0. The Morgan fingerprint density at radius 1 is 0.404 bits per heavy atom. The van der Waals surface area contributed by atoms with E-state index in [4.69, 9.17) is 0 Å². The summed E-state index contributed by atoms with van der Waals surface area (Å²) in [5.41, 5.74) is 5.48. The van der Waals surface area contributed by atoms with Crippen LogP contribution in [0.2, 0.25) is 0 Å². The SMILES string of the molecule is CCCCCCCCCCCCN(CCC(=O)Nc1ccc(Nc2ccc3ccccc3c2)cc1)CCC(=O)Nc1ccc(Nc2ccc3ccccc3c2)cc1. The lowest BCUT2D eigenvalue weighted by Gasteiger charge is -2.22. The first-order chi connectivity index (χ1) is 28.0. The Hall–Kier alpha value is -5.66. The van der Waals surface area contributed by atoms with Gasteiger partial charge < -0.3 is 26.2 Å². The molecule has 7 heteroatoms. The van der Waals surface area contributed by atoms with E-state index in [1.807, 2.05) is 72.8 Å². The van der Waals surface area contributed by atoms with Crippen LogP contribution in [0.15, 0.2) is 133 Å². The second-order valence-corrected chi connectivity index (χ2v) is 15.1. The van der Waals surface area contributed by atoms with Crippen molar-refractivity contribution in [3.8, 4) is 0 Å². The average molecular weight is 762 g/mol. The molecule has 7 nitrogen and oxygen atoms in total. The van der Waals surface area contributed by atoms with Crippen molar-refractivity contribution in [1.82, 2.24) is 4.90 Å². The van der Waals surface area contributed by atoms with E-state index in [1.165, 1.54) is 79.3 Å². The van der Waals surface area contributed by atoms with Gasteiger partial charge in [-0.2, -0.15) is 0 Å². The molecule has 0 spiro atoms. The summed E-state index contributed by atoms with van der Waals surface area (Å²) < 4.78 is 0. The topological polar surface area (TPSA) is 85.5 Å². The lowest BCUT2D eigenvalue weighted by atomic mass is 10.1. The molecular weight excluding hydrogens is 703 g/mol. The van der Waals surface area contributed by atoms with Crippen LogP contribution in [-0.4, -0.2) is 36.3 Å². The Bertz CT molecular complexity index is 2000. The van der Waals surface area contributed by atoms with E-state index in [-0.39, 0.29) is 11.8 Å². The molecule has 0 fully saturated rings. The molecule has 0 aliphatic rings. The van der Waals surface area contributed by atoms with Crippen molar-refractivity contribution in [1.29, 1.82) is 0 Å². The van der Waals surface area contributed by atoms with E-state index < -0.39 is 0 Å². The molecular formula is C50H59N5O2. The predicted molar refractivity (Wildman–Crippen MR) is 242 cm³/mol. The third kappa shape index (κ3) is 13.8. The van der Waals surface area contributed by atoms with E-state index in [0.717, 1.165) is 47.1 Å². The first kappa shape index (κ1) is 41.0. The van der Waals surface area contributed by atoms with Crippen molar-refractivity contribution in [2.45, 2.75) is 84.0 Å². The maximum absolute atomic E-state index is 13.1. The van der Waals surface area contributed by atoms with Crippen molar-refractivity contribution in [2.24, 2.45) is 0 Å². The molecule has 0 aromatic heterocycles. The zero-order valence-corrected chi connectivity index (χ0v) is 33.6. The number of nitrogens with zero attached hydrogens (tertiary/aromatic N) is 1. The molecule has 0 aliphatic carbocycles. The third-order valence-corrected chi connectivity index (χ3v) is 10.6. The van der Waals surface area contributed by atoms with E-state index in [1.54, 1.807) is 0 Å². The molecule has 0 unspecified atom stereocenters.